The summed E-state index contributed by atoms with van der Waals surface area (Å²) >= 11 is 0. The molecule has 0 spiro atoms. The zero-order chi connectivity index (χ0) is 16.4. The lowest BCUT2D eigenvalue weighted by Gasteiger charge is -2.27. The Morgan fingerprint density at radius 1 is 1.22 bits per heavy atom. The number of carbonyl (C=O) groups is 1. The number of anilines is 1. The number of carbonyl (C=O) groups excluding carboxylic acids is 1. The highest BCUT2D eigenvalue weighted by atomic mass is 32.2. The maximum atomic E-state index is 12.4. The number of amides is 1. The molecule has 1 amide bonds. The van der Waals surface area contributed by atoms with E-state index >= 15 is 0 Å². The minimum Gasteiger partial charge on any atom is -0.349 e. The Kier molecular flexibility index (Phi) is 4.62. The highest BCUT2D eigenvalue weighted by Crippen LogP contribution is 2.26. The van der Waals surface area contributed by atoms with Crippen molar-refractivity contribution in [1.82, 2.24) is 5.32 Å². The van der Waals surface area contributed by atoms with Crippen molar-refractivity contribution in [2.45, 2.75) is 45.1 Å². The number of hydrogen-bond acceptors (Lipinski definition) is 3. The summed E-state index contributed by atoms with van der Waals surface area (Å²) in [7, 11) is -3.21. The van der Waals surface area contributed by atoms with Crippen molar-refractivity contribution in [3.63, 3.8) is 0 Å². The fourth-order valence-electron chi connectivity index (χ4n) is 3.40. The Balaban J connectivity index is 1.71. The van der Waals surface area contributed by atoms with E-state index in [1.807, 2.05) is 0 Å². The Hall–Kier alpha value is -1.56. The molecule has 1 N–H and O–H groups in total. The van der Waals surface area contributed by atoms with E-state index in [9.17, 15) is 13.2 Å². The molecule has 126 valence electrons. The molecule has 0 bridgehead atoms. The molecule has 0 radical (unpaired) electrons. The molecule has 2 aliphatic rings. The molecule has 1 aromatic carbocycles. The van der Waals surface area contributed by atoms with Crippen molar-refractivity contribution in [2.75, 3.05) is 16.6 Å². The van der Waals surface area contributed by atoms with Crippen LogP contribution in [0.1, 0.15) is 49.4 Å². The highest BCUT2D eigenvalue weighted by Gasteiger charge is 2.29. The second-order valence-corrected chi connectivity index (χ2v) is 8.74. The number of benzene rings is 1. The maximum absolute atomic E-state index is 12.4. The van der Waals surface area contributed by atoms with Crippen molar-refractivity contribution in [3.05, 3.63) is 29.8 Å². The van der Waals surface area contributed by atoms with Crippen LogP contribution in [0.4, 0.5) is 5.69 Å². The fourth-order valence-corrected chi connectivity index (χ4v) is 4.96. The van der Waals surface area contributed by atoms with Crippen molar-refractivity contribution in [1.29, 1.82) is 0 Å². The van der Waals surface area contributed by atoms with E-state index in [1.165, 1.54) is 4.31 Å². The molecule has 5 nitrogen and oxygen atoms in total. The van der Waals surface area contributed by atoms with Gasteiger partial charge in [0.15, 0.2) is 0 Å². The molecule has 1 heterocycles. The van der Waals surface area contributed by atoms with E-state index < -0.39 is 10.0 Å². The van der Waals surface area contributed by atoms with Crippen LogP contribution >= 0.6 is 0 Å². The van der Waals surface area contributed by atoms with Crippen molar-refractivity contribution in [2.24, 2.45) is 5.92 Å². The second kappa shape index (κ2) is 6.51. The van der Waals surface area contributed by atoms with Crippen molar-refractivity contribution >= 4 is 21.6 Å². The Bertz CT molecular complexity index is 679. The third-order valence-electron chi connectivity index (χ3n) is 4.85. The predicted octanol–water partition coefficient (Wildman–Crippen LogP) is 2.54. The zero-order valence-electron chi connectivity index (χ0n) is 13.5. The van der Waals surface area contributed by atoms with E-state index in [0.717, 1.165) is 31.6 Å². The van der Waals surface area contributed by atoms with E-state index in [4.69, 9.17) is 0 Å². The largest absolute Gasteiger partial charge is 0.349 e. The quantitative estimate of drug-likeness (QED) is 0.922. The Labute approximate surface area is 138 Å². The normalized spacial score (nSPS) is 26.9. The molecule has 1 aliphatic heterocycles. The second-order valence-electron chi connectivity index (χ2n) is 6.72. The fraction of sp³-hybridized carbons (Fsp3) is 0.588. The van der Waals surface area contributed by atoms with Crippen LogP contribution in [0.5, 0.6) is 0 Å². The summed E-state index contributed by atoms with van der Waals surface area (Å²) in [5.74, 6) is 0.818. The summed E-state index contributed by atoms with van der Waals surface area (Å²) in [6.07, 6.45) is 4.98. The minimum atomic E-state index is -3.21. The van der Waals surface area contributed by atoms with Gasteiger partial charge in [-0.15, -0.1) is 0 Å². The first kappa shape index (κ1) is 16.3. The van der Waals surface area contributed by atoms with Crippen LogP contribution in [-0.2, 0) is 10.0 Å². The van der Waals surface area contributed by atoms with Crippen molar-refractivity contribution in [3.8, 4) is 0 Å². The summed E-state index contributed by atoms with van der Waals surface area (Å²) in [6.45, 7) is 2.74. The van der Waals surface area contributed by atoms with Gasteiger partial charge < -0.3 is 5.32 Å². The van der Waals surface area contributed by atoms with Gasteiger partial charge in [0.1, 0.15) is 0 Å². The Morgan fingerprint density at radius 2 is 1.96 bits per heavy atom. The third-order valence-corrected chi connectivity index (χ3v) is 6.72. The average molecular weight is 336 g/mol. The van der Waals surface area contributed by atoms with Gasteiger partial charge in [-0.3, -0.25) is 9.10 Å². The van der Waals surface area contributed by atoms with Crippen LogP contribution in [-0.4, -0.2) is 32.7 Å². The number of rotatable bonds is 3. The summed E-state index contributed by atoms with van der Waals surface area (Å²) in [6, 6.07) is 7.16. The number of nitrogens with one attached hydrogen (secondary N) is 1. The minimum absolute atomic E-state index is 0.108. The lowest BCUT2D eigenvalue weighted by molar-refractivity contribution is 0.0923. The van der Waals surface area contributed by atoms with Crippen LogP contribution < -0.4 is 9.62 Å². The van der Waals surface area contributed by atoms with Gasteiger partial charge in [0.05, 0.1) is 11.4 Å². The molecule has 3 rings (SSSR count). The molecule has 2 fully saturated rings. The summed E-state index contributed by atoms with van der Waals surface area (Å²) in [5, 5.41) is 3.09. The molecule has 0 atom stereocenters. The van der Waals surface area contributed by atoms with Gasteiger partial charge in [-0.2, -0.15) is 0 Å². The van der Waals surface area contributed by atoms with Gasteiger partial charge in [-0.05, 0) is 56.2 Å². The maximum Gasteiger partial charge on any atom is 0.251 e. The van der Waals surface area contributed by atoms with Gasteiger partial charge >= 0.3 is 0 Å². The highest BCUT2D eigenvalue weighted by molar-refractivity contribution is 7.93. The monoisotopic (exact) mass is 336 g/mol. The average Bonchev–Trinajstić information content (AvgIpc) is 2.89. The first-order valence-corrected chi connectivity index (χ1v) is 9.98. The molecule has 1 aliphatic carbocycles. The van der Waals surface area contributed by atoms with Gasteiger partial charge in [0, 0.05) is 18.2 Å². The molecule has 0 unspecified atom stereocenters. The van der Waals surface area contributed by atoms with Crippen LogP contribution in [0.3, 0.4) is 0 Å². The molecule has 1 saturated heterocycles. The first-order valence-electron chi connectivity index (χ1n) is 8.37. The number of hydrogen-bond donors (Lipinski definition) is 1. The predicted molar refractivity (Wildman–Crippen MR) is 91.1 cm³/mol. The summed E-state index contributed by atoms with van der Waals surface area (Å²) in [4.78, 5) is 12.4. The number of nitrogens with zero attached hydrogens (tertiary/aromatic N) is 1. The summed E-state index contributed by atoms with van der Waals surface area (Å²) < 4.78 is 25.4. The van der Waals surface area contributed by atoms with Crippen LogP contribution in [0.2, 0.25) is 0 Å². The zero-order valence-corrected chi connectivity index (χ0v) is 14.3. The lowest BCUT2D eigenvalue weighted by atomic mass is 9.87. The van der Waals surface area contributed by atoms with Gasteiger partial charge in [0.25, 0.3) is 5.91 Å². The smallest absolute Gasteiger partial charge is 0.251 e. The first-order chi connectivity index (χ1) is 11.0. The molecular weight excluding hydrogens is 312 g/mol. The third kappa shape index (κ3) is 3.68. The van der Waals surface area contributed by atoms with Crippen LogP contribution in [0, 0.1) is 5.92 Å². The van der Waals surface area contributed by atoms with Gasteiger partial charge in [0.2, 0.25) is 10.0 Å². The molecular formula is C17H24N2O3S. The SMILES string of the molecule is CC1CCC(NC(=O)c2cccc(N3CCCS3(=O)=O)c2)CC1. The summed E-state index contributed by atoms with van der Waals surface area (Å²) in [5.41, 5.74) is 1.12. The van der Waals surface area contributed by atoms with Crippen molar-refractivity contribution < 1.29 is 13.2 Å². The molecule has 0 aromatic heterocycles. The van der Waals surface area contributed by atoms with E-state index in [1.54, 1.807) is 24.3 Å². The lowest BCUT2D eigenvalue weighted by Crippen LogP contribution is -2.37. The van der Waals surface area contributed by atoms with Crippen LogP contribution in [0.15, 0.2) is 24.3 Å². The number of sulfonamides is 1. The molecule has 1 aromatic rings. The van der Waals surface area contributed by atoms with E-state index in [2.05, 4.69) is 12.2 Å². The van der Waals surface area contributed by atoms with Gasteiger partial charge in [-0.25, -0.2) is 8.42 Å². The topological polar surface area (TPSA) is 66.5 Å². The van der Waals surface area contributed by atoms with Crippen LogP contribution in [0.25, 0.3) is 0 Å². The standard InChI is InChI=1S/C17H24N2O3S/c1-13-6-8-15(9-7-13)18-17(20)14-4-2-5-16(12-14)19-10-3-11-23(19,21)22/h2,4-5,12-13,15H,3,6-11H2,1H3,(H,18,20). The van der Waals surface area contributed by atoms with Gasteiger partial charge in [-0.1, -0.05) is 13.0 Å². The molecule has 1 saturated carbocycles. The molecule has 6 heteroatoms. The Morgan fingerprint density at radius 3 is 2.61 bits per heavy atom. The van der Waals surface area contributed by atoms with E-state index in [-0.39, 0.29) is 17.7 Å². The van der Waals surface area contributed by atoms with E-state index in [0.29, 0.717) is 24.2 Å². The molecule has 23 heavy (non-hydrogen) atoms.